The molecule has 0 spiro atoms. The largest absolute Gasteiger partial charge is 0.378 e. The number of carbonyl (C=O) groups excluding carboxylic acids is 1. The molecule has 0 aromatic carbocycles. The number of carbonyl (C=O) groups is 1. The van der Waals surface area contributed by atoms with Gasteiger partial charge in [0.2, 0.25) is 5.91 Å². The zero-order valence-corrected chi connectivity index (χ0v) is 11.1. The summed E-state index contributed by atoms with van der Waals surface area (Å²) in [5.41, 5.74) is 0. The molecular weight excluding hydrogens is 240 g/mol. The van der Waals surface area contributed by atoms with E-state index in [1.807, 2.05) is 0 Å². The molecule has 2 heterocycles. The molecule has 0 radical (unpaired) electrons. The third kappa shape index (κ3) is 4.82. The minimum absolute atomic E-state index is 0. The Morgan fingerprint density at radius 2 is 2.18 bits per heavy atom. The van der Waals surface area contributed by atoms with Crippen LogP contribution in [0, 0.1) is 0 Å². The Labute approximate surface area is 109 Å². The number of hydrogen-bond acceptors (Lipinski definition) is 3. The average Bonchev–Trinajstić information content (AvgIpc) is 2.84. The molecule has 0 aromatic rings. The van der Waals surface area contributed by atoms with Gasteiger partial charge in [-0.2, -0.15) is 0 Å². The molecule has 1 amide bonds. The van der Waals surface area contributed by atoms with Crippen LogP contribution in [-0.2, 0) is 9.53 Å². The van der Waals surface area contributed by atoms with Crippen LogP contribution in [0.4, 0.5) is 0 Å². The number of halogens is 1. The lowest BCUT2D eigenvalue weighted by Crippen LogP contribution is -2.41. The summed E-state index contributed by atoms with van der Waals surface area (Å²) in [7, 11) is 0. The van der Waals surface area contributed by atoms with Crippen molar-refractivity contribution in [2.75, 3.05) is 19.7 Å². The molecule has 17 heavy (non-hydrogen) atoms. The van der Waals surface area contributed by atoms with E-state index in [2.05, 4.69) is 10.6 Å². The van der Waals surface area contributed by atoms with Crippen molar-refractivity contribution in [1.82, 2.24) is 10.6 Å². The first kappa shape index (κ1) is 14.7. The Bertz CT molecular complexity index is 227. The molecular formula is C12H23ClN2O2. The number of rotatable bonds is 4. The molecule has 0 aliphatic carbocycles. The van der Waals surface area contributed by atoms with Crippen LogP contribution in [0.1, 0.15) is 38.5 Å². The van der Waals surface area contributed by atoms with E-state index >= 15 is 0 Å². The van der Waals surface area contributed by atoms with E-state index < -0.39 is 0 Å². The Balaban J connectivity index is 0.00000144. The molecule has 2 unspecified atom stereocenters. The fraction of sp³-hybridized carbons (Fsp3) is 0.917. The predicted octanol–water partition coefficient (Wildman–Crippen LogP) is 1.24. The smallest absolute Gasteiger partial charge is 0.237 e. The minimum atomic E-state index is 0. The fourth-order valence-corrected chi connectivity index (χ4v) is 2.42. The van der Waals surface area contributed by atoms with Gasteiger partial charge < -0.3 is 15.4 Å². The van der Waals surface area contributed by atoms with E-state index in [-0.39, 0.29) is 24.4 Å². The average molecular weight is 263 g/mol. The van der Waals surface area contributed by atoms with Crippen molar-refractivity contribution in [3.63, 3.8) is 0 Å². The highest BCUT2D eigenvalue weighted by molar-refractivity contribution is 5.85. The molecule has 0 aromatic heterocycles. The highest BCUT2D eigenvalue weighted by atomic mass is 35.5. The molecule has 2 fully saturated rings. The van der Waals surface area contributed by atoms with Crippen molar-refractivity contribution >= 4 is 18.3 Å². The summed E-state index contributed by atoms with van der Waals surface area (Å²) in [6.45, 7) is 2.62. The lowest BCUT2D eigenvalue weighted by atomic mass is 10.1. The molecule has 0 bridgehead atoms. The van der Waals surface area contributed by atoms with Crippen LogP contribution in [0.3, 0.4) is 0 Å². The van der Waals surface area contributed by atoms with Gasteiger partial charge in [0.15, 0.2) is 0 Å². The maximum atomic E-state index is 11.7. The monoisotopic (exact) mass is 262 g/mol. The number of nitrogens with one attached hydrogen (secondary N) is 2. The fourth-order valence-electron chi connectivity index (χ4n) is 2.42. The normalized spacial score (nSPS) is 28.5. The van der Waals surface area contributed by atoms with Crippen molar-refractivity contribution in [2.24, 2.45) is 0 Å². The van der Waals surface area contributed by atoms with E-state index in [0.29, 0.717) is 6.10 Å². The van der Waals surface area contributed by atoms with E-state index in [1.54, 1.807) is 0 Å². The van der Waals surface area contributed by atoms with Crippen molar-refractivity contribution in [2.45, 2.75) is 50.7 Å². The first-order valence-electron chi connectivity index (χ1n) is 6.49. The third-order valence-electron chi connectivity index (χ3n) is 3.42. The van der Waals surface area contributed by atoms with Crippen LogP contribution >= 0.6 is 12.4 Å². The summed E-state index contributed by atoms with van der Waals surface area (Å²) in [4.78, 5) is 11.7. The summed E-state index contributed by atoms with van der Waals surface area (Å²) in [6, 6.07) is 0.0484. The highest BCUT2D eigenvalue weighted by Crippen LogP contribution is 2.14. The first-order valence-corrected chi connectivity index (χ1v) is 6.49. The number of ether oxygens (including phenoxy) is 1. The quantitative estimate of drug-likeness (QED) is 0.802. The zero-order valence-electron chi connectivity index (χ0n) is 10.2. The molecule has 4 nitrogen and oxygen atoms in total. The molecule has 2 rings (SSSR count). The van der Waals surface area contributed by atoms with Crippen molar-refractivity contribution < 1.29 is 9.53 Å². The van der Waals surface area contributed by atoms with Crippen LogP contribution in [0.15, 0.2) is 0 Å². The summed E-state index contributed by atoms with van der Waals surface area (Å²) in [5, 5.41) is 6.19. The molecule has 5 heteroatoms. The molecule has 2 aliphatic heterocycles. The summed E-state index contributed by atoms with van der Waals surface area (Å²) in [5.74, 6) is 0.160. The minimum Gasteiger partial charge on any atom is -0.378 e. The SMILES string of the molecule is Cl.O=C(NCCC1CCCCO1)C1CCCN1. The van der Waals surface area contributed by atoms with Crippen LogP contribution in [0.5, 0.6) is 0 Å². The summed E-state index contributed by atoms with van der Waals surface area (Å²) < 4.78 is 5.62. The summed E-state index contributed by atoms with van der Waals surface area (Å²) >= 11 is 0. The van der Waals surface area contributed by atoms with E-state index in [1.165, 1.54) is 12.8 Å². The Morgan fingerprint density at radius 1 is 1.29 bits per heavy atom. The van der Waals surface area contributed by atoms with Gasteiger partial charge in [0, 0.05) is 13.2 Å². The molecule has 2 saturated heterocycles. The molecule has 2 aliphatic rings. The van der Waals surface area contributed by atoms with Gasteiger partial charge in [-0.15, -0.1) is 12.4 Å². The maximum Gasteiger partial charge on any atom is 0.237 e. The van der Waals surface area contributed by atoms with Gasteiger partial charge in [-0.1, -0.05) is 0 Å². The second-order valence-corrected chi connectivity index (χ2v) is 4.72. The Hall–Kier alpha value is -0.320. The van der Waals surface area contributed by atoms with Crippen molar-refractivity contribution in [3.05, 3.63) is 0 Å². The van der Waals surface area contributed by atoms with Crippen LogP contribution in [0.25, 0.3) is 0 Å². The van der Waals surface area contributed by atoms with Crippen molar-refractivity contribution in [1.29, 1.82) is 0 Å². The Morgan fingerprint density at radius 3 is 2.82 bits per heavy atom. The van der Waals surface area contributed by atoms with E-state index in [4.69, 9.17) is 4.74 Å². The molecule has 2 atom stereocenters. The van der Waals surface area contributed by atoms with Gasteiger partial charge in [-0.05, 0) is 45.1 Å². The predicted molar refractivity (Wildman–Crippen MR) is 69.5 cm³/mol. The van der Waals surface area contributed by atoms with Crippen LogP contribution in [0.2, 0.25) is 0 Å². The van der Waals surface area contributed by atoms with Gasteiger partial charge in [0.05, 0.1) is 12.1 Å². The molecule has 100 valence electrons. The second kappa shape index (κ2) is 7.90. The summed E-state index contributed by atoms with van der Waals surface area (Å²) in [6.07, 6.45) is 7.02. The van der Waals surface area contributed by atoms with Crippen LogP contribution < -0.4 is 10.6 Å². The molecule has 2 N–H and O–H groups in total. The zero-order chi connectivity index (χ0) is 11.2. The van der Waals surface area contributed by atoms with Gasteiger partial charge in [0.1, 0.15) is 0 Å². The highest BCUT2D eigenvalue weighted by Gasteiger charge is 2.21. The van der Waals surface area contributed by atoms with E-state index in [0.717, 1.165) is 45.4 Å². The second-order valence-electron chi connectivity index (χ2n) is 4.72. The van der Waals surface area contributed by atoms with Gasteiger partial charge in [-0.3, -0.25) is 4.79 Å². The lowest BCUT2D eigenvalue weighted by molar-refractivity contribution is -0.122. The topological polar surface area (TPSA) is 50.4 Å². The maximum absolute atomic E-state index is 11.7. The lowest BCUT2D eigenvalue weighted by Gasteiger charge is -2.22. The van der Waals surface area contributed by atoms with E-state index in [9.17, 15) is 4.79 Å². The van der Waals surface area contributed by atoms with Crippen molar-refractivity contribution in [3.8, 4) is 0 Å². The van der Waals surface area contributed by atoms with Crippen LogP contribution in [-0.4, -0.2) is 37.7 Å². The standard InChI is InChI=1S/C12H22N2O2.ClH/c15-12(11-5-3-7-13-11)14-8-6-10-4-1-2-9-16-10;/h10-11,13H,1-9H2,(H,14,15);1H. The number of amides is 1. The first-order chi connectivity index (χ1) is 7.86. The van der Waals surface area contributed by atoms with Gasteiger partial charge in [0.25, 0.3) is 0 Å². The Kier molecular flexibility index (Phi) is 6.85. The van der Waals surface area contributed by atoms with Gasteiger partial charge >= 0.3 is 0 Å². The third-order valence-corrected chi connectivity index (χ3v) is 3.42. The number of hydrogen-bond donors (Lipinski definition) is 2. The van der Waals surface area contributed by atoms with Gasteiger partial charge in [-0.25, -0.2) is 0 Å². The molecule has 0 saturated carbocycles.